The largest absolute Gasteiger partial charge is 0.495 e. The van der Waals surface area contributed by atoms with Gasteiger partial charge in [-0.25, -0.2) is 9.97 Å². The van der Waals surface area contributed by atoms with E-state index in [0.717, 1.165) is 17.1 Å². The summed E-state index contributed by atoms with van der Waals surface area (Å²) in [6.07, 6.45) is 0. The highest BCUT2D eigenvalue weighted by Crippen LogP contribution is 2.31. The van der Waals surface area contributed by atoms with E-state index in [1.807, 2.05) is 31.2 Å². The lowest BCUT2D eigenvalue weighted by Crippen LogP contribution is -2.03. The van der Waals surface area contributed by atoms with E-state index in [1.54, 1.807) is 38.5 Å². The maximum atomic E-state index is 6.09. The van der Waals surface area contributed by atoms with E-state index in [9.17, 15) is 0 Å². The van der Waals surface area contributed by atoms with Crippen LogP contribution in [0, 0.1) is 6.92 Å². The number of nitrogens with zero attached hydrogens (tertiary/aromatic N) is 2. The molecule has 0 aliphatic heterocycles. The van der Waals surface area contributed by atoms with E-state index >= 15 is 0 Å². The Morgan fingerprint density at radius 2 is 1.42 bits per heavy atom. The molecule has 3 aromatic rings. The average Bonchev–Trinajstić information content (AvgIpc) is 2.62. The number of hydrogen-bond donors (Lipinski definition) is 2. The van der Waals surface area contributed by atoms with Gasteiger partial charge in [0, 0.05) is 11.1 Å². The van der Waals surface area contributed by atoms with E-state index in [2.05, 4.69) is 20.6 Å². The van der Waals surface area contributed by atoms with Crippen molar-refractivity contribution in [2.24, 2.45) is 0 Å². The molecule has 0 unspecified atom stereocenters. The number of hydrogen-bond acceptors (Lipinski definition) is 6. The summed E-state index contributed by atoms with van der Waals surface area (Å²) >= 11 is 6.09. The number of benzene rings is 2. The second-order valence-electron chi connectivity index (χ2n) is 5.48. The molecule has 134 valence electrons. The molecule has 0 radical (unpaired) electrons. The number of aryl methyl sites for hydroxylation is 1. The smallest absolute Gasteiger partial charge is 0.142 e. The van der Waals surface area contributed by atoms with Gasteiger partial charge >= 0.3 is 0 Å². The molecular formula is C19H19ClN4O2. The van der Waals surface area contributed by atoms with Crippen LogP contribution in [-0.2, 0) is 0 Å². The molecule has 0 spiro atoms. The van der Waals surface area contributed by atoms with Gasteiger partial charge in [-0.2, -0.15) is 0 Å². The molecule has 0 fully saturated rings. The number of aromatic nitrogens is 2. The van der Waals surface area contributed by atoms with Crippen LogP contribution in [0.15, 0.2) is 48.5 Å². The standard InChI is InChI=1S/C19H19ClN4O2/c1-12-21-18(23-14-6-4-5-7-16(14)25-2)11-19(22-12)24-15-10-13(20)8-9-17(15)26-3/h4-11H,1-3H3,(H2,21,22,23,24). The zero-order valence-corrected chi connectivity index (χ0v) is 15.5. The minimum absolute atomic E-state index is 0.603. The number of anilines is 4. The van der Waals surface area contributed by atoms with Gasteiger partial charge < -0.3 is 20.1 Å². The third kappa shape index (κ3) is 4.15. The van der Waals surface area contributed by atoms with Crippen molar-refractivity contribution in [1.29, 1.82) is 0 Å². The molecule has 1 heterocycles. The lowest BCUT2D eigenvalue weighted by Gasteiger charge is -2.14. The number of rotatable bonds is 6. The molecule has 0 bridgehead atoms. The predicted octanol–water partition coefficient (Wildman–Crippen LogP) is 4.94. The molecule has 2 N–H and O–H groups in total. The lowest BCUT2D eigenvalue weighted by molar-refractivity contribution is 0.417. The summed E-state index contributed by atoms with van der Waals surface area (Å²) < 4.78 is 10.7. The van der Waals surface area contributed by atoms with Gasteiger partial charge in [0.2, 0.25) is 0 Å². The first-order valence-electron chi connectivity index (χ1n) is 7.95. The zero-order chi connectivity index (χ0) is 18.5. The summed E-state index contributed by atoms with van der Waals surface area (Å²) in [6, 6.07) is 14.8. The van der Waals surface area contributed by atoms with Gasteiger partial charge in [0.15, 0.2) is 0 Å². The normalized spacial score (nSPS) is 10.3. The van der Waals surface area contributed by atoms with Crippen molar-refractivity contribution in [1.82, 2.24) is 9.97 Å². The molecule has 1 aromatic heterocycles. The van der Waals surface area contributed by atoms with Crippen molar-refractivity contribution in [2.45, 2.75) is 6.92 Å². The van der Waals surface area contributed by atoms with E-state index < -0.39 is 0 Å². The van der Waals surface area contributed by atoms with E-state index in [4.69, 9.17) is 21.1 Å². The number of ether oxygens (including phenoxy) is 2. The van der Waals surface area contributed by atoms with Crippen LogP contribution in [0.5, 0.6) is 11.5 Å². The molecule has 7 heteroatoms. The van der Waals surface area contributed by atoms with Gasteiger partial charge in [-0.15, -0.1) is 0 Å². The van der Waals surface area contributed by atoms with Gasteiger partial charge in [-0.1, -0.05) is 23.7 Å². The molecular weight excluding hydrogens is 352 g/mol. The quantitative estimate of drug-likeness (QED) is 0.640. The minimum atomic E-state index is 0.603. The Kier molecular flexibility index (Phi) is 5.43. The highest BCUT2D eigenvalue weighted by atomic mass is 35.5. The summed E-state index contributed by atoms with van der Waals surface area (Å²) in [6.45, 7) is 1.83. The van der Waals surface area contributed by atoms with Crippen LogP contribution in [0.1, 0.15) is 5.82 Å². The summed E-state index contributed by atoms with van der Waals surface area (Å²) in [5.74, 6) is 3.29. The van der Waals surface area contributed by atoms with Crippen molar-refractivity contribution >= 4 is 34.6 Å². The zero-order valence-electron chi connectivity index (χ0n) is 14.7. The van der Waals surface area contributed by atoms with Crippen molar-refractivity contribution in [2.75, 3.05) is 24.9 Å². The molecule has 3 rings (SSSR count). The van der Waals surface area contributed by atoms with Gasteiger partial charge in [0.05, 0.1) is 25.6 Å². The van der Waals surface area contributed by atoms with Crippen molar-refractivity contribution in [3.8, 4) is 11.5 Å². The van der Waals surface area contributed by atoms with Gasteiger partial charge in [0.1, 0.15) is 29.0 Å². The number of nitrogens with one attached hydrogen (secondary N) is 2. The topological polar surface area (TPSA) is 68.3 Å². The highest BCUT2D eigenvalue weighted by molar-refractivity contribution is 6.31. The first-order chi connectivity index (χ1) is 12.6. The monoisotopic (exact) mass is 370 g/mol. The highest BCUT2D eigenvalue weighted by Gasteiger charge is 2.09. The maximum absolute atomic E-state index is 6.09. The van der Waals surface area contributed by atoms with Crippen LogP contribution in [0.25, 0.3) is 0 Å². The van der Waals surface area contributed by atoms with Crippen molar-refractivity contribution < 1.29 is 9.47 Å². The van der Waals surface area contributed by atoms with Crippen LogP contribution < -0.4 is 20.1 Å². The van der Waals surface area contributed by atoms with Crippen molar-refractivity contribution in [3.05, 3.63) is 59.4 Å². The summed E-state index contributed by atoms with van der Waals surface area (Å²) in [5.41, 5.74) is 1.54. The molecule has 0 aliphatic rings. The molecule has 0 saturated heterocycles. The van der Waals surface area contributed by atoms with Gasteiger partial charge in [-0.05, 0) is 37.3 Å². The van der Waals surface area contributed by atoms with Gasteiger partial charge in [0.25, 0.3) is 0 Å². The first kappa shape index (κ1) is 17.8. The fourth-order valence-corrected chi connectivity index (χ4v) is 2.67. The van der Waals surface area contributed by atoms with E-state index in [0.29, 0.717) is 28.2 Å². The summed E-state index contributed by atoms with van der Waals surface area (Å²) in [4.78, 5) is 8.86. The number of methoxy groups -OCH3 is 2. The number of para-hydroxylation sites is 2. The van der Waals surface area contributed by atoms with E-state index in [-0.39, 0.29) is 0 Å². The Bertz CT molecular complexity index is 918. The summed E-state index contributed by atoms with van der Waals surface area (Å²) in [5, 5.41) is 7.09. The molecule has 0 saturated carbocycles. The van der Waals surface area contributed by atoms with Gasteiger partial charge in [-0.3, -0.25) is 0 Å². The Labute approximate surface area is 157 Å². The van der Waals surface area contributed by atoms with E-state index in [1.165, 1.54) is 0 Å². The fraction of sp³-hybridized carbons (Fsp3) is 0.158. The molecule has 0 amide bonds. The second kappa shape index (κ2) is 7.93. The second-order valence-corrected chi connectivity index (χ2v) is 5.92. The first-order valence-corrected chi connectivity index (χ1v) is 8.33. The SMILES string of the molecule is COc1ccccc1Nc1cc(Nc2cc(Cl)ccc2OC)nc(C)n1. The maximum Gasteiger partial charge on any atom is 0.142 e. The Morgan fingerprint density at radius 3 is 2.12 bits per heavy atom. The van der Waals surface area contributed by atoms with Crippen molar-refractivity contribution in [3.63, 3.8) is 0 Å². The molecule has 0 aliphatic carbocycles. The minimum Gasteiger partial charge on any atom is -0.495 e. The third-order valence-electron chi connectivity index (χ3n) is 3.63. The molecule has 6 nitrogen and oxygen atoms in total. The molecule has 2 aromatic carbocycles. The van der Waals surface area contributed by atoms with Crippen LogP contribution in [0.4, 0.5) is 23.0 Å². The molecule has 0 atom stereocenters. The molecule has 26 heavy (non-hydrogen) atoms. The fourth-order valence-electron chi connectivity index (χ4n) is 2.50. The van der Waals surface area contributed by atoms with Crippen LogP contribution in [-0.4, -0.2) is 24.2 Å². The average molecular weight is 371 g/mol. The Balaban J connectivity index is 1.90. The predicted molar refractivity (Wildman–Crippen MR) is 104 cm³/mol. The van der Waals surface area contributed by atoms with Crippen LogP contribution in [0.2, 0.25) is 5.02 Å². The Morgan fingerprint density at radius 1 is 0.808 bits per heavy atom. The number of halogens is 1. The third-order valence-corrected chi connectivity index (χ3v) is 3.87. The Hall–Kier alpha value is -2.99. The summed E-state index contributed by atoms with van der Waals surface area (Å²) in [7, 11) is 3.23. The van der Waals surface area contributed by atoms with Crippen LogP contribution in [0.3, 0.4) is 0 Å². The lowest BCUT2D eigenvalue weighted by atomic mass is 10.3. The van der Waals surface area contributed by atoms with Crippen LogP contribution >= 0.6 is 11.6 Å².